The van der Waals surface area contributed by atoms with Crippen LogP contribution in [0.4, 0.5) is 5.69 Å². The van der Waals surface area contributed by atoms with Crippen LogP contribution in [0.25, 0.3) is 0 Å². The summed E-state index contributed by atoms with van der Waals surface area (Å²) in [6.07, 6.45) is 0. The Hall–Kier alpha value is -2.51. The third-order valence-electron chi connectivity index (χ3n) is 2.99. The number of amides is 1. The third kappa shape index (κ3) is 6.13. The van der Waals surface area contributed by atoms with Crippen molar-refractivity contribution in [2.24, 2.45) is 0 Å². The van der Waals surface area contributed by atoms with Crippen LogP contribution in [0.1, 0.15) is 0 Å². The number of ether oxygens (including phenoxy) is 2. The van der Waals surface area contributed by atoms with E-state index >= 15 is 0 Å². The number of nitrogens with one attached hydrogen (secondary N) is 1. The van der Waals surface area contributed by atoms with Gasteiger partial charge in [0.2, 0.25) is 0 Å². The molecule has 0 aliphatic rings. The van der Waals surface area contributed by atoms with Gasteiger partial charge in [-0.05, 0) is 30.3 Å². The summed E-state index contributed by atoms with van der Waals surface area (Å²) in [5.74, 6) is 0.474. The number of nitro groups is 1. The number of carbonyl (C=O) groups excluding carboxylic acids is 1. The molecule has 2 aromatic carbocycles. The number of non-ortho nitro benzene ring substituents is 1. The lowest BCUT2D eigenvalue weighted by Crippen LogP contribution is -2.32. The maximum absolute atomic E-state index is 11.7. The molecule has 0 saturated heterocycles. The molecule has 2 aromatic rings. The van der Waals surface area contributed by atoms with Gasteiger partial charge in [0.1, 0.15) is 18.1 Å². The highest BCUT2D eigenvalue weighted by molar-refractivity contribution is 6.32. The van der Waals surface area contributed by atoms with Crippen LogP contribution >= 0.6 is 23.2 Å². The van der Waals surface area contributed by atoms with Crippen molar-refractivity contribution in [3.8, 4) is 11.5 Å². The summed E-state index contributed by atoms with van der Waals surface area (Å²) in [5.41, 5.74) is -0.152. The van der Waals surface area contributed by atoms with E-state index in [9.17, 15) is 14.9 Å². The van der Waals surface area contributed by atoms with Crippen molar-refractivity contribution in [1.82, 2.24) is 5.32 Å². The average Bonchev–Trinajstić information content (AvgIpc) is 2.59. The standard InChI is InChI=1S/C16H14Cl2N2O5/c17-11-1-4-13(5-2-11)24-8-7-19-16(21)10-25-15-6-3-12(20(22)23)9-14(15)18/h1-6,9H,7-8,10H2,(H,19,21). The summed E-state index contributed by atoms with van der Waals surface area (Å²) in [6, 6.07) is 10.6. The number of halogens is 2. The van der Waals surface area contributed by atoms with Gasteiger partial charge in [0.05, 0.1) is 16.5 Å². The van der Waals surface area contributed by atoms with E-state index in [2.05, 4.69) is 5.32 Å². The molecule has 25 heavy (non-hydrogen) atoms. The quantitative estimate of drug-likeness (QED) is 0.427. The summed E-state index contributed by atoms with van der Waals surface area (Å²) in [4.78, 5) is 21.8. The van der Waals surface area contributed by atoms with Crippen molar-refractivity contribution < 1.29 is 19.2 Å². The number of hydrogen-bond donors (Lipinski definition) is 1. The van der Waals surface area contributed by atoms with Gasteiger partial charge in [0.25, 0.3) is 11.6 Å². The van der Waals surface area contributed by atoms with Crippen molar-refractivity contribution in [2.45, 2.75) is 0 Å². The van der Waals surface area contributed by atoms with Crippen molar-refractivity contribution in [1.29, 1.82) is 0 Å². The Morgan fingerprint density at radius 1 is 1.12 bits per heavy atom. The maximum atomic E-state index is 11.7. The lowest BCUT2D eigenvalue weighted by molar-refractivity contribution is -0.384. The lowest BCUT2D eigenvalue weighted by Gasteiger charge is -2.09. The minimum Gasteiger partial charge on any atom is -0.492 e. The molecule has 132 valence electrons. The zero-order valence-corrected chi connectivity index (χ0v) is 14.4. The Balaban J connectivity index is 1.70. The minimum atomic E-state index is -0.566. The van der Waals surface area contributed by atoms with Gasteiger partial charge in [-0.3, -0.25) is 14.9 Å². The fourth-order valence-corrected chi connectivity index (χ4v) is 2.16. The Bertz CT molecular complexity index is 753. The predicted molar refractivity (Wildman–Crippen MR) is 93.6 cm³/mol. The fourth-order valence-electron chi connectivity index (χ4n) is 1.80. The number of carbonyl (C=O) groups is 1. The first-order valence-corrected chi connectivity index (χ1v) is 7.93. The molecule has 0 saturated carbocycles. The van der Waals surface area contributed by atoms with Gasteiger partial charge in [-0.1, -0.05) is 23.2 Å². The maximum Gasteiger partial charge on any atom is 0.271 e. The molecule has 0 aromatic heterocycles. The molecule has 1 amide bonds. The van der Waals surface area contributed by atoms with Crippen molar-refractivity contribution in [3.05, 3.63) is 62.6 Å². The van der Waals surface area contributed by atoms with Crippen molar-refractivity contribution in [3.63, 3.8) is 0 Å². The van der Waals surface area contributed by atoms with E-state index in [1.54, 1.807) is 24.3 Å². The molecule has 0 aliphatic heterocycles. The van der Waals surface area contributed by atoms with Gasteiger partial charge in [0, 0.05) is 17.2 Å². The molecule has 0 fully saturated rings. The number of nitrogens with zero attached hydrogens (tertiary/aromatic N) is 1. The van der Waals surface area contributed by atoms with Gasteiger partial charge >= 0.3 is 0 Å². The van der Waals surface area contributed by atoms with Crippen LogP contribution in [0.3, 0.4) is 0 Å². The second-order valence-electron chi connectivity index (χ2n) is 4.81. The van der Waals surface area contributed by atoms with E-state index in [-0.39, 0.29) is 35.6 Å². The van der Waals surface area contributed by atoms with Gasteiger partial charge in [-0.25, -0.2) is 0 Å². The van der Waals surface area contributed by atoms with E-state index < -0.39 is 4.92 Å². The van der Waals surface area contributed by atoms with Gasteiger partial charge < -0.3 is 14.8 Å². The summed E-state index contributed by atoms with van der Waals surface area (Å²) in [6.45, 7) is 0.308. The lowest BCUT2D eigenvalue weighted by atomic mass is 10.3. The molecular formula is C16H14Cl2N2O5. The highest BCUT2D eigenvalue weighted by Gasteiger charge is 2.11. The van der Waals surface area contributed by atoms with Crippen LogP contribution in [0.5, 0.6) is 11.5 Å². The molecule has 7 nitrogen and oxygen atoms in total. The highest BCUT2D eigenvalue weighted by Crippen LogP contribution is 2.28. The molecule has 0 radical (unpaired) electrons. The topological polar surface area (TPSA) is 90.7 Å². The van der Waals surface area contributed by atoms with Crippen LogP contribution in [0.2, 0.25) is 10.0 Å². The molecule has 0 aliphatic carbocycles. The number of hydrogen-bond acceptors (Lipinski definition) is 5. The van der Waals surface area contributed by atoms with Crippen LogP contribution < -0.4 is 14.8 Å². The summed E-state index contributed by atoms with van der Waals surface area (Å²) in [7, 11) is 0. The molecular weight excluding hydrogens is 371 g/mol. The first kappa shape index (κ1) is 18.8. The molecule has 0 spiro atoms. The van der Waals surface area contributed by atoms with E-state index in [4.69, 9.17) is 32.7 Å². The van der Waals surface area contributed by atoms with Gasteiger partial charge in [0.15, 0.2) is 6.61 Å². The Morgan fingerprint density at radius 2 is 1.84 bits per heavy atom. The SMILES string of the molecule is O=C(COc1ccc([N+](=O)[O-])cc1Cl)NCCOc1ccc(Cl)cc1. The monoisotopic (exact) mass is 384 g/mol. The third-order valence-corrected chi connectivity index (χ3v) is 3.54. The zero-order valence-electron chi connectivity index (χ0n) is 12.9. The number of rotatable bonds is 8. The minimum absolute atomic E-state index is 0.0630. The second-order valence-corrected chi connectivity index (χ2v) is 5.66. The molecule has 2 rings (SSSR count). The average molecular weight is 385 g/mol. The second kappa shape index (κ2) is 9.10. The number of nitro benzene ring substituents is 1. The summed E-state index contributed by atoms with van der Waals surface area (Å²) < 4.78 is 10.7. The smallest absolute Gasteiger partial charge is 0.271 e. The van der Waals surface area contributed by atoms with E-state index in [0.29, 0.717) is 17.3 Å². The largest absolute Gasteiger partial charge is 0.492 e. The molecule has 9 heteroatoms. The van der Waals surface area contributed by atoms with Crippen LogP contribution in [-0.2, 0) is 4.79 Å². The Kier molecular flexibility index (Phi) is 6.85. The number of benzene rings is 2. The first-order chi connectivity index (χ1) is 12.0. The fraction of sp³-hybridized carbons (Fsp3) is 0.188. The first-order valence-electron chi connectivity index (χ1n) is 7.17. The van der Waals surface area contributed by atoms with E-state index in [1.807, 2.05) is 0 Å². The van der Waals surface area contributed by atoms with Crippen LogP contribution in [0, 0.1) is 10.1 Å². The van der Waals surface area contributed by atoms with Gasteiger partial charge in [-0.2, -0.15) is 0 Å². The molecule has 0 bridgehead atoms. The van der Waals surface area contributed by atoms with Gasteiger partial charge in [-0.15, -0.1) is 0 Å². The van der Waals surface area contributed by atoms with Crippen LogP contribution in [-0.4, -0.2) is 30.6 Å². The summed E-state index contributed by atoms with van der Waals surface area (Å²) in [5, 5.41) is 13.9. The zero-order chi connectivity index (χ0) is 18.2. The van der Waals surface area contributed by atoms with E-state index in [1.165, 1.54) is 12.1 Å². The summed E-state index contributed by atoms with van der Waals surface area (Å²) >= 11 is 11.6. The molecule has 0 heterocycles. The van der Waals surface area contributed by atoms with Crippen LogP contribution in [0.15, 0.2) is 42.5 Å². The Labute approximate surface area is 153 Å². The molecule has 0 atom stereocenters. The van der Waals surface area contributed by atoms with Crippen molar-refractivity contribution >= 4 is 34.8 Å². The highest BCUT2D eigenvalue weighted by atomic mass is 35.5. The molecule has 1 N–H and O–H groups in total. The normalized spacial score (nSPS) is 10.2. The molecule has 0 unspecified atom stereocenters. The van der Waals surface area contributed by atoms with E-state index in [0.717, 1.165) is 6.07 Å². The Morgan fingerprint density at radius 3 is 2.48 bits per heavy atom. The predicted octanol–water partition coefficient (Wildman–Crippen LogP) is 3.48. The van der Waals surface area contributed by atoms with Crippen molar-refractivity contribution in [2.75, 3.05) is 19.8 Å².